The van der Waals surface area contributed by atoms with Crippen molar-refractivity contribution in [3.8, 4) is 0 Å². The summed E-state index contributed by atoms with van der Waals surface area (Å²) in [5, 5.41) is 5.06. The summed E-state index contributed by atoms with van der Waals surface area (Å²) >= 11 is 12.3. The van der Waals surface area contributed by atoms with Gasteiger partial charge in [-0.3, -0.25) is 0 Å². The fourth-order valence-electron chi connectivity index (χ4n) is 3.59. The van der Waals surface area contributed by atoms with E-state index in [9.17, 15) is 0 Å². The van der Waals surface area contributed by atoms with Crippen LogP contribution in [-0.2, 0) is 5.41 Å². The molecule has 3 heteroatoms. The molecule has 0 amide bonds. The number of nitrogens with one attached hydrogen (secondary N) is 1. The normalized spacial score (nSPS) is 29.2. The molecule has 1 aromatic carbocycles. The molecule has 0 aliphatic heterocycles. The number of hydrogen-bond donors (Lipinski definition) is 1. The summed E-state index contributed by atoms with van der Waals surface area (Å²) in [7, 11) is 0. The lowest BCUT2D eigenvalue weighted by Gasteiger charge is -2.49. The largest absolute Gasteiger partial charge is 0.313 e. The third-order valence-corrected chi connectivity index (χ3v) is 5.63. The smallest absolute Gasteiger partial charge is 0.0595 e. The fraction of sp³-hybridized carbons (Fsp3) is 0.647. The molecule has 0 saturated heterocycles. The van der Waals surface area contributed by atoms with Gasteiger partial charge in [-0.25, -0.2) is 0 Å². The Labute approximate surface area is 132 Å². The zero-order valence-electron chi connectivity index (χ0n) is 12.1. The molecule has 0 unspecified atom stereocenters. The quantitative estimate of drug-likeness (QED) is 0.762. The number of benzene rings is 1. The van der Waals surface area contributed by atoms with Crippen LogP contribution >= 0.6 is 23.2 Å². The first-order valence-corrected chi connectivity index (χ1v) is 8.57. The Kier molecular flexibility index (Phi) is 4.31. The minimum Gasteiger partial charge on any atom is -0.313 e. The average Bonchev–Trinajstić information content (AvgIpc) is 3.19. The molecule has 20 heavy (non-hydrogen) atoms. The van der Waals surface area contributed by atoms with E-state index in [1.165, 1.54) is 44.1 Å². The van der Waals surface area contributed by atoms with Gasteiger partial charge in [-0.15, -0.1) is 0 Å². The molecule has 1 N–H and O–H groups in total. The molecule has 0 spiro atoms. The van der Waals surface area contributed by atoms with Crippen molar-refractivity contribution in [1.82, 2.24) is 5.32 Å². The zero-order chi connectivity index (χ0) is 14.2. The van der Waals surface area contributed by atoms with Crippen molar-refractivity contribution in [2.75, 3.05) is 6.54 Å². The van der Waals surface area contributed by atoms with Crippen LogP contribution in [0.3, 0.4) is 0 Å². The Balaban J connectivity index is 1.75. The zero-order valence-corrected chi connectivity index (χ0v) is 13.6. The lowest BCUT2D eigenvalue weighted by molar-refractivity contribution is 0.128. The maximum Gasteiger partial charge on any atom is 0.0595 e. The highest BCUT2D eigenvalue weighted by Crippen LogP contribution is 2.50. The molecular formula is C17H23Cl2N. The van der Waals surface area contributed by atoms with Gasteiger partial charge in [0.15, 0.2) is 0 Å². The van der Waals surface area contributed by atoms with Gasteiger partial charge < -0.3 is 5.32 Å². The molecule has 1 nitrogen and oxygen atoms in total. The van der Waals surface area contributed by atoms with Crippen LogP contribution in [0.4, 0.5) is 0 Å². The van der Waals surface area contributed by atoms with Crippen LogP contribution in [0, 0.1) is 5.92 Å². The van der Waals surface area contributed by atoms with Crippen molar-refractivity contribution < 1.29 is 0 Å². The van der Waals surface area contributed by atoms with Gasteiger partial charge in [0, 0.05) is 18.0 Å². The Morgan fingerprint density at radius 3 is 2.55 bits per heavy atom. The van der Waals surface area contributed by atoms with Gasteiger partial charge in [0.25, 0.3) is 0 Å². The molecule has 1 aromatic rings. The minimum absolute atomic E-state index is 0.288. The highest BCUT2D eigenvalue weighted by molar-refractivity contribution is 6.42. The summed E-state index contributed by atoms with van der Waals surface area (Å²) in [6.07, 6.45) is 7.91. The number of halogens is 2. The summed E-state index contributed by atoms with van der Waals surface area (Å²) in [5.74, 6) is 0.885. The molecule has 0 aromatic heterocycles. The third-order valence-electron chi connectivity index (χ3n) is 4.89. The van der Waals surface area contributed by atoms with Crippen molar-refractivity contribution >= 4 is 23.2 Å². The maximum atomic E-state index is 6.22. The molecule has 0 atom stereocenters. The molecule has 3 rings (SSSR count). The van der Waals surface area contributed by atoms with Crippen LogP contribution in [0.5, 0.6) is 0 Å². The maximum absolute atomic E-state index is 6.22. The van der Waals surface area contributed by atoms with E-state index in [-0.39, 0.29) is 5.41 Å². The molecular weight excluding hydrogens is 289 g/mol. The lowest BCUT2D eigenvalue weighted by Crippen LogP contribution is -2.49. The monoisotopic (exact) mass is 311 g/mol. The van der Waals surface area contributed by atoms with E-state index in [1.54, 1.807) is 0 Å². The van der Waals surface area contributed by atoms with Crippen molar-refractivity contribution in [1.29, 1.82) is 0 Å². The SMILES string of the molecule is CCCC1CC(CNC2CC2)(c2ccc(Cl)c(Cl)c2)C1. The van der Waals surface area contributed by atoms with Gasteiger partial charge in [0.2, 0.25) is 0 Å². The second-order valence-corrected chi connectivity index (χ2v) is 7.44. The van der Waals surface area contributed by atoms with E-state index in [1.807, 2.05) is 6.07 Å². The molecule has 2 saturated carbocycles. The predicted molar refractivity (Wildman–Crippen MR) is 86.8 cm³/mol. The molecule has 2 aliphatic carbocycles. The van der Waals surface area contributed by atoms with Crippen molar-refractivity contribution in [2.45, 2.75) is 56.9 Å². The molecule has 2 fully saturated rings. The van der Waals surface area contributed by atoms with E-state index in [0.717, 1.165) is 18.5 Å². The van der Waals surface area contributed by atoms with E-state index in [0.29, 0.717) is 10.0 Å². The van der Waals surface area contributed by atoms with Gasteiger partial charge in [-0.1, -0.05) is 49.0 Å². The summed E-state index contributed by atoms with van der Waals surface area (Å²) in [6.45, 7) is 3.37. The Morgan fingerprint density at radius 2 is 1.95 bits per heavy atom. The summed E-state index contributed by atoms with van der Waals surface area (Å²) < 4.78 is 0. The molecule has 0 radical (unpaired) electrons. The number of hydrogen-bond acceptors (Lipinski definition) is 1. The van der Waals surface area contributed by atoms with Gasteiger partial charge in [0.1, 0.15) is 0 Å². The highest BCUT2D eigenvalue weighted by atomic mass is 35.5. The lowest BCUT2D eigenvalue weighted by atomic mass is 9.57. The molecule has 110 valence electrons. The number of rotatable bonds is 6. The first-order chi connectivity index (χ1) is 9.63. The van der Waals surface area contributed by atoms with E-state index < -0.39 is 0 Å². The van der Waals surface area contributed by atoms with Gasteiger partial charge in [-0.05, 0) is 49.3 Å². The van der Waals surface area contributed by atoms with Crippen LogP contribution in [0.1, 0.15) is 51.0 Å². The molecule has 2 aliphatic rings. The van der Waals surface area contributed by atoms with E-state index in [4.69, 9.17) is 23.2 Å². The van der Waals surface area contributed by atoms with Crippen molar-refractivity contribution in [3.05, 3.63) is 33.8 Å². The average molecular weight is 312 g/mol. The van der Waals surface area contributed by atoms with Crippen LogP contribution in [-0.4, -0.2) is 12.6 Å². The van der Waals surface area contributed by atoms with Crippen LogP contribution in [0.2, 0.25) is 10.0 Å². The fourth-order valence-corrected chi connectivity index (χ4v) is 3.89. The molecule has 0 bridgehead atoms. The second kappa shape index (κ2) is 5.87. The van der Waals surface area contributed by atoms with Crippen LogP contribution in [0.25, 0.3) is 0 Å². The third kappa shape index (κ3) is 3.00. The summed E-state index contributed by atoms with van der Waals surface area (Å²) in [5.41, 5.74) is 1.66. The van der Waals surface area contributed by atoms with Gasteiger partial charge >= 0.3 is 0 Å². The van der Waals surface area contributed by atoms with E-state index >= 15 is 0 Å². The van der Waals surface area contributed by atoms with Crippen molar-refractivity contribution in [2.24, 2.45) is 5.92 Å². The standard InChI is InChI=1S/C17H23Cl2N/c1-2-3-12-9-17(10-12,11-20-14-5-6-14)13-4-7-15(18)16(19)8-13/h4,7-8,12,14,20H,2-3,5-6,9-11H2,1H3. The molecule has 0 heterocycles. The Hall–Kier alpha value is -0.240. The minimum atomic E-state index is 0.288. The Bertz CT molecular complexity index is 476. The Morgan fingerprint density at radius 1 is 1.20 bits per heavy atom. The summed E-state index contributed by atoms with van der Waals surface area (Å²) in [6, 6.07) is 6.97. The van der Waals surface area contributed by atoms with Gasteiger partial charge in [-0.2, -0.15) is 0 Å². The van der Waals surface area contributed by atoms with Crippen molar-refractivity contribution in [3.63, 3.8) is 0 Å². The van der Waals surface area contributed by atoms with E-state index in [2.05, 4.69) is 24.4 Å². The highest BCUT2D eigenvalue weighted by Gasteiger charge is 2.45. The topological polar surface area (TPSA) is 12.0 Å². The van der Waals surface area contributed by atoms with Gasteiger partial charge in [0.05, 0.1) is 10.0 Å². The van der Waals surface area contributed by atoms with Crippen LogP contribution < -0.4 is 5.32 Å². The summed E-state index contributed by atoms with van der Waals surface area (Å²) in [4.78, 5) is 0. The predicted octanol–water partition coefficient (Wildman–Crippen LogP) is 5.19. The second-order valence-electron chi connectivity index (χ2n) is 6.63. The first kappa shape index (κ1) is 14.7. The first-order valence-electron chi connectivity index (χ1n) is 7.82. The van der Waals surface area contributed by atoms with Crippen LogP contribution in [0.15, 0.2) is 18.2 Å².